The molecule has 0 fully saturated rings. The predicted octanol–water partition coefficient (Wildman–Crippen LogP) is 5.11. The van der Waals surface area contributed by atoms with Crippen molar-refractivity contribution >= 4 is 0 Å². The maximum atomic E-state index is 3.53. The van der Waals surface area contributed by atoms with Crippen LogP contribution in [0.4, 0.5) is 0 Å². The van der Waals surface area contributed by atoms with E-state index in [0.717, 1.165) is 13.0 Å². The third-order valence-electron chi connectivity index (χ3n) is 3.74. The fourth-order valence-electron chi connectivity index (χ4n) is 2.61. The van der Waals surface area contributed by atoms with Gasteiger partial charge in [0.05, 0.1) is 0 Å². The van der Waals surface area contributed by atoms with E-state index in [-0.39, 0.29) is 0 Å². The molecule has 0 aliphatic rings. The first-order valence-corrected chi connectivity index (χ1v) is 8.02. The highest BCUT2D eigenvalue weighted by molar-refractivity contribution is 5.68. The van der Waals surface area contributed by atoms with Crippen molar-refractivity contribution < 1.29 is 0 Å². The summed E-state index contributed by atoms with van der Waals surface area (Å²) < 4.78 is 0. The van der Waals surface area contributed by atoms with E-state index in [9.17, 15) is 0 Å². The SMILES string of the molecule is CCCc1cccc(-c2cc(C)ccc2CNC(C)C)c1. The molecule has 0 aliphatic heterocycles. The van der Waals surface area contributed by atoms with Gasteiger partial charge < -0.3 is 5.32 Å². The van der Waals surface area contributed by atoms with E-state index in [4.69, 9.17) is 0 Å². The third kappa shape index (κ3) is 4.44. The molecule has 0 radical (unpaired) electrons. The highest BCUT2D eigenvalue weighted by Crippen LogP contribution is 2.26. The quantitative estimate of drug-likeness (QED) is 0.775. The first-order chi connectivity index (χ1) is 10.1. The standard InChI is InChI=1S/C20H27N/c1-5-7-17-8-6-9-18(13-17)20-12-16(4)10-11-19(20)14-21-15(2)3/h6,8-13,15,21H,5,7,14H2,1-4H3. The van der Waals surface area contributed by atoms with Gasteiger partial charge in [0.1, 0.15) is 0 Å². The molecule has 0 amide bonds. The van der Waals surface area contributed by atoms with E-state index in [2.05, 4.69) is 75.5 Å². The molecule has 2 rings (SSSR count). The van der Waals surface area contributed by atoms with Gasteiger partial charge in [-0.25, -0.2) is 0 Å². The second kappa shape index (κ2) is 7.42. The van der Waals surface area contributed by atoms with Gasteiger partial charge in [-0.3, -0.25) is 0 Å². The van der Waals surface area contributed by atoms with E-state index < -0.39 is 0 Å². The summed E-state index contributed by atoms with van der Waals surface area (Å²) in [6.07, 6.45) is 2.35. The van der Waals surface area contributed by atoms with E-state index in [1.165, 1.54) is 34.2 Å². The summed E-state index contributed by atoms with van der Waals surface area (Å²) >= 11 is 0. The van der Waals surface area contributed by atoms with Crippen molar-refractivity contribution in [1.29, 1.82) is 0 Å². The van der Waals surface area contributed by atoms with E-state index in [1.807, 2.05) is 0 Å². The molecule has 1 heteroatoms. The molecule has 112 valence electrons. The van der Waals surface area contributed by atoms with Crippen molar-refractivity contribution in [1.82, 2.24) is 5.32 Å². The fourth-order valence-corrected chi connectivity index (χ4v) is 2.61. The van der Waals surface area contributed by atoms with E-state index in [1.54, 1.807) is 0 Å². The molecule has 2 aromatic rings. The molecule has 0 saturated carbocycles. The number of benzene rings is 2. The highest BCUT2D eigenvalue weighted by atomic mass is 14.9. The summed E-state index contributed by atoms with van der Waals surface area (Å²) in [5.41, 5.74) is 6.83. The highest BCUT2D eigenvalue weighted by Gasteiger charge is 2.07. The van der Waals surface area contributed by atoms with Gasteiger partial charge in [-0.2, -0.15) is 0 Å². The molecule has 0 spiro atoms. The van der Waals surface area contributed by atoms with Gasteiger partial charge in [-0.15, -0.1) is 0 Å². The fraction of sp³-hybridized carbons (Fsp3) is 0.400. The summed E-state index contributed by atoms with van der Waals surface area (Å²) in [6, 6.07) is 16.3. The Morgan fingerprint density at radius 1 is 1.05 bits per heavy atom. The van der Waals surface area contributed by atoms with Crippen molar-refractivity contribution in [3.05, 3.63) is 59.2 Å². The Balaban J connectivity index is 2.36. The Morgan fingerprint density at radius 2 is 1.86 bits per heavy atom. The van der Waals surface area contributed by atoms with Gasteiger partial charge in [0.15, 0.2) is 0 Å². The Kier molecular flexibility index (Phi) is 5.58. The number of hydrogen-bond donors (Lipinski definition) is 1. The van der Waals surface area contributed by atoms with Crippen LogP contribution in [0.3, 0.4) is 0 Å². The van der Waals surface area contributed by atoms with E-state index >= 15 is 0 Å². The second-order valence-corrected chi connectivity index (χ2v) is 6.15. The van der Waals surface area contributed by atoms with Crippen molar-refractivity contribution in [2.45, 2.75) is 53.1 Å². The zero-order valence-electron chi connectivity index (χ0n) is 13.7. The van der Waals surface area contributed by atoms with Crippen LogP contribution in [0.1, 0.15) is 43.9 Å². The Bertz CT molecular complexity index is 584. The van der Waals surface area contributed by atoms with Crippen LogP contribution >= 0.6 is 0 Å². The zero-order valence-corrected chi connectivity index (χ0v) is 13.7. The molecule has 0 aliphatic carbocycles. The van der Waals surface area contributed by atoms with Crippen LogP contribution in [0.25, 0.3) is 11.1 Å². The average Bonchev–Trinajstić information content (AvgIpc) is 2.46. The van der Waals surface area contributed by atoms with Gasteiger partial charge >= 0.3 is 0 Å². The first kappa shape index (κ1) is 15.8. The Labute approximate surface area is 129 Å². The Morgan fingerprint density at radius 3 is 2.57 bits per heavy atom. The van der Waals surface area contributed by atoms with Crippen LogP contribution in [0.2, 0.25) is 0 Å². The molecule has 0 saturated heterocycles. The molecular weight excluding hydrogens is 254 g/mol. The number of rotatable bonds is 6. The molecule has 0 atom stereocenters. The minimum absolute atomic E-state index is 0.505. The summed E-state index contributed by atoms with van der Waals surface area (Å²) in [7, 11) is 0. The monoisotopic (exact) mass is 281 g/mol. The zero-order chi connectivity index (χ0) is 15.2. The summed E-state index contributed by atoms with van der Waals surface area (Å²) in [4.78, 5) is 0. The first-order valence-electron chi connectivity index (χ1n) is 8.02. The normalized spacial score (nSPS) is 11.1. The van der Waals surface area contributed by atoms with Gasteiger partial charge in [0, 0.05) is 12.6 Å². The van der Waals surface area contributed by atoms with Gasteiger partial charge in [0.25, 0.3) is 0 Å². The molecule has 2 aromatic carbocycles. The third-order valence-corrected chi connectivity index (χ3v) is 3.74. The molecule has 1 nitrogen and oxygen atoms in total. The molecule has 1 N–H and O–H groups in total. The molecule has 0 unspecified atom stereocenters. The molecule has 21 heavy (non-hydrogen) atoms. The second-order valence-electron chi connectivity index (χ2n) is 6.15. The number of hydrogen-bond acceptors (Lipinski definition) is 1. The van der Waals surface area contributed by atoms with Crippen LogP contribution in [-0.2, 0) is 13.0 Å². The lowest BCUT2D eigenvalue weighted by atomic mass is 9.95. The lowest BCUT2D eigenvalue weighted by molar-refractivity contribution is 0.589. The molecular formula is C20H27N. The van der Waals surface area contributed by atoms with Crippen LogP contribution in [0, 0.1) is 6.92 Å². The van der Waals surface area contributed by atoms with Crippen molar-refractivity contribution in [3.63, 3.8) is 0 Å². The largest absolute Gasteiger partial charge is 0.310 e. The maximum Gasteiger partial charge on any atom is 0.0214 e. The lowest BCUT2D eigenvalue weighted by Crippen LogP contribution is -2.22. The number of nitrogens with one attached hydrogen (secondary N) is 1. The molecule has 0 bridgehead atoms. The summed E-state index contributed by atoms with van der Waals surface area (Å²) in [6.45, 7) is 9.70. The maximum absolute atomic E-state index is 3.53. The summed E-state index contributed by atoms with van der Waals surface area (Å²) in [5, 5.41) is 3.53. The minimum Gasteiger partial charge on any atom is -0.310 e. The molecule has 0 heterocycles. The lowest BCUT2D eigenvalue weighted by Gasteiger charge is -2.14. The minimum atomic E-state index is 0.505. The van der Waals surface area contributed by atoms with Gasteiger partial charge in [-0.1, -0.05) is 75.2 Å². The van der Waals surface area contributed by atoms with Gasteiger partial charge in [0.2, 0.25) is 0 Å². The topological polar surface area (TPSA) is 12.0 Å². The smallest absolute Gasteiger partial charge is 0.0214 e. The average molecular weight is 281 g/mol. The van der Waals surface area contributed by atoms with Crippen LogP contribution in [-0.4, -0.2) is 6.04 Å². The van der Waals surface area contributed by atoms with Crippen LogP contribution in [0.5, 0.6) is 0 Å². The van der Waals surface area contributed by atoms with Crippen molar-refractivity contribution in [2.24, 2.45) is 0 Å². The van der Waals surface area contributed by atoms with Crippen molar-refractivity contribution in [2.75, 3.05) is 0 Å². The Hall–Kier alpha value is -1.60. The number of aryl methyl sites for hydroxylation is 2. The van der Waals surface area contributed by atoms with Gasteiger partial charge in [-0.05, 0) is 35.6 Å². The van der Waals surface area contributed by atoms with E-state index in [0.29, 0.717) is 6.04 Å². The van der Waals surface area contributed by atoms with Crippen LogP contribution < -0.4 is 5.32 Å². The van der Waals surface area contributed by atoms with Crippen molar-refractivity contribution in [3.8, 4) is 11.1 Å². The van der Waals surface area contributed by atoms with Crippen LogP contribution in [0.15, 0.2) is 42.5 Å². The molecule has 0 aromatic heterocycles. The predicted molar refractivity (Wildman–Crippen MR) is 92.6 cm³/mol. The summed E-state index contributed by atoms with van der Waals surface area (Å²) in [5.74, 6) is 0.